The van der Waals surface area contributed by atoms with Crippen LogP contribution in [0.25, 0.3) is 10.2 Å². The first-order valence-corrected chi connectivity index (χ1v) is 7.60. The molecule has 0 aliphatic rings. The summed E-state index contributed by atoms with van der Waals surface area (Å²) < 4.78 is 1.16. The molecule has 0 aliphatic carbocycles. The smallest absolute Gasteiger partial charge is 0.147 e. The second kappa shape index (κ2) is 6.06. The highest BCUT2D eigenvalue weighted by atomic mass is 32.2. The second-order valence-electron chi connectivity index (χ2n) is 3.48. The van der Waals surface area contributed by atoms with Gasteiger partial charge in [-0.05, 0) is 36.3 Å². The minimum atomic E-state index is 0.976. The van der Waals surface area contributed by atoms with Crippen LogP contribution in [0.1, 0.15) is 12.8 Å². The van der Waals surface area contributed by atoms with Crippen LogP contribution >= 0.6 is 23.1 Å². The quantitative estimate of drug-likeness (QED) is 0.802. The third kappa shape index (κ3) is 2.86. The Morgan fingerprint density at radius 1 is 1.38 bits per heavy atom. The maximum absolute atomic E-state index is 4.28. The van der Waals surface area contributed by atoms with Crippen molar-refractivity contribution in [2.45, 2.75) is 12.8 Å². The third-order valence-corrected chi connectivity index (χ3v) is 3.92. The zero-order chi connectivity index (χ0) is 11.2. The lowest BCUT2D eigenvalue weighted by Crippen LogP contribution is -2.03. The number of hydrogen-bond donors (Lipinski definition) is 1. The first-order valence-electron chi connectivity index (χ1n) is 5.33. The van der Waals surface area contributed by atoms with E-state index in [0.29, 0.717) is 0 Å². The van der Waals surface area contributed by atoms with Crippen LogP contribution in [0, 0.1) is 0 Å². The van der Waals surface area contributed by atoms with Gasteiger partial charge < -0.3 is 5.32 Å². The highest BCUT2D eigenvalue weighted by Gasteiger charge is 2.03. The molecule has 0 radical (unpaired) electrons. The van der Waals surface area contributed by atoms with Crippen LogP contribution in [-0.2, 0) is 0 Å². The fraction of sp³-hybridized carbons (Fsp3) is 0.455. The van der Waals surface area contributed by atoms with Gasteiger partial charge in [-0.2, -0.15) is 11.8 Å². The normalized spacial score (nSPS) is 10.8. The van der Waals surface area contributed by atoms with Crippen LogP contribution in [0.5, 0.6) is 0 Å². The highest BCUT2D eigenvalue weighted by molar-refractivity contribution is 7.98. The van der Waals surface area contributed by atoms with E-state index in [4.69, 9.17) is 0 Å². The van der Waals surface area contributed by atoms with Gasteiger partial charge >= 0.3 is 0 Å². The predicted molar refractivity (Wildman–Crippen MR) is 73.5 cm³/mol. The van der Waals surface area contributed by atoms with E-state index < -0.39 is 0 Å². The zero-order valence-electron chi connectivity index (χ0n) is 9.27. The van der Waals surface area contributed by atoms with Crippen LogP contribution in [-0.4, -0.2) is 28.5 Å². The van der Waals surface area contributed by atoms with E-state index in [1.807, 2.05) is 17.8 Å². The van der Waals surface area contributed by atoms with Gasteiger partial charge in [-0.3, -0.25) is 0 Å². The summed E-state index contributed by atoms with van der Waals surface area (Å²) in [6.07, 6.45) is 6.22. The number of rotatable bonds is 6. The molecular formula is C11H15N3S2. The van der Waals surface area contributed by atoms with Crippen molar-refractivity contribution >= 4 is 39.1 Å². The van der Waals surface area contributed by atoms with E-state index >= 15 is 0 Å². The van der Waals surface area contributed by atoms with Crippen molar-refractivity contribution in [2.75, 3.05) is 23.9 Å². The molecule has 3 nitrogen and oxygen atoms in total. The minimum Gasteiger partial charge on any atom is -0.369 e. The number of unbranched alkanes of at least 4 members (excludes halogenated alkanes) is 1. The Balaban J connectivity index is 1.91. The Labute approximate surface area is 104 Å². The number of nitrogens with one attached hydrogen (secondary N) is 1. The van der Waals surface area contributed by atoms with Crippen LogP contribution < -0.4 is 5.32 Å². The number of thioether (sulfide) groups is 1. The van der Waals surface area contributed by atoms with Crippen molar-refractivity contribution in [2.24, 2.45) is 0 Å². The first-order chi connectivity index (χ1) is 7.92. The Morgan fingerprint density at radius 2 is 2.31 bits per heavy atom. The van der Waals surface area contributed by atoms with Crippen LogP contribution in [0.2, 0.25) is 0 Å². The molecule has 0 atom stereocenters. The molecule has 0 unspecified atom stereocenters. The molecule has 2 rings (SSSR count). The molecule has 16 heavy (non-hydrogen) atoms. The summed E-state index contributed by atoms with van der Waals surface area (Å²) in [5.41, 5.74) is 1.03. The van der Waals surface area contributed by atoms with Crippen molar-refractivity contribution in [1.82, 2.24) is 9.97 Å². The SMILES string of the molecule is CSCCCCNc1ncnc2ccsc12. The molecule has 2 heterocycles. The van der Waals surface area contributed by atoms with E-state index in [0.717, 1.165) is 22.6 Å². The summed E-state index contributed by atoms with van der Waals surface area (Å²) in [6.45, 7) is 0.991. The average molecular weight is 253 g/mol. The minimum absolute atomic E-state index is 0.976. The second-order valence-corrected chi connectivity index (χ2v) is 5.39. The number of aromatic nitrogens is 2. The summed E-state index contributed by atoms with van der Waals surface area (Å²) in [5.74, 6) is 2.21. The van der Waals surface area contributed by atoms with Crippen LogP contribution in [0.3, 0.4) is 0 Å². The molecule has 0 aliphatic heterocycles. The number of fused-ring (bicyclic) bond motifs is 1. The Kier molecular flexibility index (Phi) is 4.42. The number of nitrogens with zero attached hydrogens (tertiary/aromatic N) is 2. The van der Waals surface area contributed by atoms with Gasteiger partial charge in [0.2, 0.25) is 0 Å². The van der Waals surface area contributed by atoms with Gasteiger partial charge in [-0.1, -0.05) is 0 Å². The van der Waals surface area contributed by atoms with Crippen molar-refractivity contribution < 1.29 is 0 Å². The van der Waals surface area contributed by atoms with Crippen molar-refractivity contribution in [1.29, 1.82) is 0 Å². The molecule has 5 heteroatoms. The summed E-state index contributed by atoms with van der Waals surface area (Å²) in [5, 5.41) is 5.44. The lowest BCUT2D eigenvalue weighted by Gasteiger charge is -2.05. The first kappa shape index (κ1) is 11.7. The molecule has 0 saturated heterocycles. The van der Waals surface area contributed by atoms with Gasteiger partial charge in [0.05, 0.1) is 10.2 Å². The van der Waals surface area contributed by atoms with Gasteiger partial charge in [-0.25, -0.2) is 9.97 Å². The maximum atomic E-state index is 4.28. The van der Waals surface area contributed by atoms with Gasteiger partial charge in [0, 0.05) is 6.54 Å². The number of hydrogen-bond acceptors (Lipinski definition) is 5. The Bertz CT molecular complexity index is 441. The highest BCUT2D eigenvalue weighted by Crippen LogP contribution is 2.24. The van der Waals surface area contributed by atoms with Gasteiger partial charge in [0.25, 0.3) is 0 Å². The van der Waals surface area contributed by atoms with E-state index in [-0.39, 0.29) is 0 Å². The monoisotopic (exact) mass is 253 g/mol. The Morgan fingerprint density at radius 3 is 3.19 bits per heavy atom. The van der Waals surface area contributed by atoms with Crippen LogP contribution in [0.4, 0.5) is 5.82 Å². The summed E-state index contributed by atoms with van der Waals surface area (Å²) in [4.78, 5) is 8.50. The van der Waals surface area contributed by atoms with Crippen LogP contribution in [0.15, 0.2) is 17.8 Å². The summed E-state index contributed by atoms with van der Waals surface area (Å²) >= 11 is 3.59. The molecule has 0 fully saturated rings. The molecule has 0 aromatic carbocycles. The third-order valence-electron chi connectivity index (χ3n) is 2.31. The number of thiophene rings is 1. The molecule has 0 amide bonds. The van der Waals surface area contributed by atoms with E-state index in [1.165, 1.54) is 18.6 Å². The van der Waals surface area contributed by atoms with E-state index in [9.17, 15) is 0 Å². The molecule has 0 saturated carbocycles. The molecule has 2 aromatic rings. The van der Waals surface area contributed by atoms with Crippen molar-refractivity contribution in [3.8, 4) is 0 Å². The fourth-order valence-corrected chi connectivity index (χ4v) is 2.80. The maximum Gasteiger partial charge on any atom is 0.147 e. The van der Waals surface area contributed by atoms with E-state index in [2.05, 4.69) is 26.9 Å². The van der Waals surface area contributed by atoms with E-state index in [1.54, 1.807) is 17.7 Å². The molecular weight excluding hydrogens is 238 g/mol. The lowest BCUT2D eigenvalue weighted by atomic mass is 10.3. The van der Waals surface area contributed by atoms with Gasteiger partial charge in [-0.15, -0.1) is 11.3 Å². The summed E-state index contributed by atoms with van der Waals surface area (Å²) in [7, 11) is 0. The topological polar surface area (TPSA) is 37.8 Å². The zero-order valence-corrected chi connectivity index (χ0v) is 10.9. The fourth-order valence-electron chi connectivity index (χ4n) is 1.49. The number of anilines is 1. The predicted octanol–water partition coefficient (Wildman–Crippen LogP) is 3.25. The molecule has 2 aromatic heterocycles. The van der Waals surface area contributed by atoms with Gasteiger partial charge in [0.1, 0.15) is 12.1 Å². The molecule has 0 bridgehead atoms. The average Bonchev–Trinajstić information content (AvgIpc) is 2.77. The molecule has 0 spiro atoms. The van der Waals surface area contributed by atoms with Gasteiger partial charge in [0.15, 0.2) is 0 Å². The van der Waals surface area contributed by atoms with Crippen molar-refractivity contribution in [3.05, 3.63) is 17.8 Å². The standard InChI is InChI=1S/C11H15N3S2/c1-15-6-3-2-5-12-11-10-9(4-7-16-10)13-8-14-11/h4,7-8H,2-3,5-6H2,1H3,(H,12,13,14). The molecule has 1 N–H and O–H groups in total. The lowest BCUT2D eigenvalue weighted by molar-refractivity contribution is 0.840. The molecule has 86 valence electrons. The van der Waals surface area contributed by atoms with Crippen molar-refractivity contribution in [3.63, 3.8) is 0 Å². The summed E-state index contributed by atoms with van der Waals surface area (Å²) in [6, 6.07) is 2.03. The largest absolute Gasteiger partial charge is 0.369 e. The Hall–Kier alpha value is -0.810.